The molecule has 1 saturated carbocycles. The molecule has 132 valence electrons. The molecular weight excluding hydrogens is 338 g/mol. The van der Waals surface area contributed by atoms with Crippen molar-refractivity contribution in [3.05, 3.63) is 53.1 Å². The van der Waals surface area contributed by atoms with Crippen molar-refractivity contribution in [1.29, 1.82) is 0 Å². The number of nitrogens with zero attached hydrogens (tertiary/aromatic N) is 1. The Morgan fingerprint density at radius 1 is 1.12 bits per heavy atom. The molecule has 3 N–H and O–H groups in total. The predicted molar refractivity (Wildman–Crippen MR) is 102 cm³/mol. The number of rotatable bonds is 5. The second-order valence-corrected chi connectivity index (χ2v) is 6.52. The monoisotopic (exact) mass is 359 g/mol. The molecule has 0 unspecified atom stereocenters. The lowest BCUT2D eigenvalue weighted by Crippen LogP contribution is -2.31. The van der Waals surface area contributed by atoms with E-state index < -0.39 is 0 Å². The van der Waals surface area contributed by atoms with Crippen LogP contribution in [0.15, 0.2) is 47.5 Å². The van der Waals surface area contributed by atoms with E-state index in [9.17, 15) is 0 Å². The fourth-order valence-corrected chi connectivity index (χ4v) is 3.11. The molecule has 0 atom stereocenters. The Hall–Kier alpha value is -2.40. The van der Waals surface area contributed by atoms with E-state index in [1.54, 1.807) is 14.2 Å². The quantitative estimate of drug-likeness (QED) is 0.624. The summed E-state index contributed by atoms with van der Waals surface area (Å²) < 4.78 is 10.6. The summed E-state index contributed by atoms with van der Waals surface area (Å²) in [6.07, 6.45) is 1.97. The minimum atomic E-state index is 0.227. The Morgan fingerprint density at radius 2 is 1.84 bits per heavy atom. The lowest BCUT2D eigenvalue weighted by Gasteiger charge is -2.33. The number of nitrogens with one attached hydrogen (secondary N) is 1. The Balaban J connectivity index is 1.61. The molecule has 0 aromatic heterocycles. The lowest BCUT2D eigenvalue weighted by molar-refractivity contribution is 0.353. The van der Waals surface area contributed by atoms with Gasteiger partial charge in [-0.25, -0.2) is 4.99 Å². The van der Waals surface area contributed by atoms with E-state index >= 15 is 0 Å². The molecule has 2 aromatic rings. The maximum absolute atomic E-state index is 6.06. The number of aliphatic imine (C=N–C) groups is 1. The van der Waals surface area contributed by atoms with Gasteiger partial charge in [-0.1, -0.05) is 23.7 Å². The summed E-state index contributed by atoms with van der Waals surface area (Å²) in [7, 11) is 3.23. The molecule has 0 saturated heterocycles. The molecule has 0 amide bonds. The van der Waals surface area contributed by atoms with Crippen molar-refractivity contribution >= 4 is 23.2 Å². The van der Waals surface area contributed by atoms with Crippen LogP contribution in [-0.2, 0) is 0 Å². The second-order valence-electron chi connectivity index (χ2n) is 6.08. The van der Waals surface area contributed by atoms with Gasteiger partial charge in [-0.05, 0) is 48.6 Å². The van der Waals surface area contributed by atoms with Crippen LogP contribution in [-0.4, -0.2) is 26.2 Å². The highest BCUT2D eigenvalue weighted by Gasteiger charge is 2.30. The first-order chi connectivity index (χ1) is 12.1. The molecular formula is C19H22ClN3O2. The summed E-state index contributed by atoms with van der Waals surface area (Å²) in [6.45, 7) is 0. The third-order valence-electron chi connectivity index (χ3n) is 4.45. The first-order valence-corrected chi connectivity index (χ1v) is 8.54. The Labute approximate surface area is 152 Å². The van der Waals surface area contributed by atoms with Gasteiger partial charge in [0.2, 0.25) is 0 Å². The zero-order chi connectivity index (χ0) is 17.8. The van der Waals surface area contributed by atoms with Gasteiger partial charge in [0.25, 0.3) is 0 Å². The molecule has 1 aliphatic carbocycles. The van der Waals surface area contributed by atoms with Crippen LogP contribution in [0.4, 0.5) is 5.69 Å². The first kappa shape index (κ1) is 17.4. The SMILES string of the molecule is COc1ccc(OC)c(NC(N)=NC2CC(c3ccc(Cl)cc3)C2)c1. The van der Waals surface area contributed by atoms with Crippen LogP contribution < -0.4 is 20.5 Å². The molecule has 5 nitrogen and oxygen atoms in total. The molecule has 0 radical (unpaired) electrons. The van der Waals surface area contributed by atoms with Gasteiger partial charge in [-0.2, -0.15) is 0 Å². The molecule has 1 aliphatic rings. The van der Waals surface area contributed by atoms with Gasteiger partial charge >= 0.3 is 0 Å². The minimum Gasteiger partial charge on any atom is -0.497 e. The maximum Gasteiger partial charge on any atom is 0.193 e. The van der Waals surface area contributed by atoms with Crippen molar-refractivity contribution in [2.24, 2.45) is 10.7 Å². The van der Waals surface area contributed by atoms with Crippen LogP contribution in [0.5, 0.6) is 11.5 Å². The maximum atomic E-state index is 6.06. The minimum absolute atomic E-state index is 0.227. The Morgan fingerprint density at radius 3 is 2.48 bits per heavy atom. The van der Waals surface area contributed by atoms with Gasteiger partial charge in [0.15, 0.2) is 5.96 Å². The number of anilines is 1. The third-order valence-corrected chi connectivity index (χ3v) is 4.70. The van der Waals surface area contributed by atoms with Gasteiger partial charge in [0.1, 0.15) is 11.5 Å². The summed E-state index contributed by atoms with van der Waals surface area (Å²) in [5.41, 5.74) is 8.10. The Bertz CT molecular complexity index is 756. The molecule has 0 bridgehead atoms. The molecule has 1 fully saturated rings. The standard InChI is InChI=1S/C19H22ClN3O2/c1-24-16-7-8-18(25-2)17(11-16)23-19(21)22-15-9-13(10-15)12-3-5-14(20)6-4-12/h3-8,11,13,15H,9-10H2,1-2H3,(H3,21,22,23). The summed E-state index contributed by atoms with van der Waals surface area (Å²) in [6, 6.07) is 13.7. The van der Waals surface area contributed by atoms with E-state index in [4.69, 9.17) is 26.8 Å². The van der Waals surface area contributed by atoms with Crippen LogP contribution in [0, 0.1) is 0 Å². The van der Waals surface area contributed by atoms with Crippen LogP contribution in [0.1, 0.15) is 24.3 Å². The fraction of sp³-hybridized carbons (Fsp3) is 0.316. The summed E-state index contributed by atoms with van der Waals surface area (Å²) in [4.78, 5) is 4.56. The number of halogens is 1. The number of hydrogen-bond donors (Lipinski definition) is 2. The molecule has 6 heteroatoms. The molecule has 0 aliphatic heterocycles. The lowest BCUT2D eigenvalue weighted by atomic mass is 9.76. The van der Waals surface area contributed by atoms with Crippen LogP contribution >= 0.6 is 11.6 Å². The highest BCUT2D eigenvalue weighted by Crippen LogP contribution is 2.39. The third kappa shape index (κ3) is 4.17. The molecule has 2 aromatic carbocycles. The summed E-state index contributed by atoms with van der Waals surface area (Å²) in [5, 5.41) is 3.86. The van der Waals surface area contributed by atoms with E-state index in [0.717, 1.165) is 29.3 Å². The first-order valence-electron chi connectivity index (χ1n) is 8.17. The summed E-state index contributed by atoms with van der Waals surface area (Å²) >= 11 is 5.93. The van der Waals surface area contributed by atoms with Gasteiger partial charge in [-0.15, -0.1) is 0 Å². The smallest absolute Gasteiger partial charge is 0.193 e. The number of methoxy groups -OCH3 is 2. The number of guanidine groups is 1. The zero-order valence-electron chi connectivity index (χ0n) is 14.3. The zero-order valence-corrected chi connectivity index (χ0v) is 15.1. The van der Waals surface area contributed by atoms with E-state index in [1.165, 1.54) is 5.56 Å². The largest absolute Gasteiger partial charge is 0.497 e. The van der Waals surface area contributed by atoms with E-state index in [0.29, 0.717) is 17.6 Å². The molecule has 25 heavy (non-hydrogen) atoms. The van der Waals surface area contributed by atoms with E-state index in [1.807, 2.05) is 30.3 Å². The van der Waals surface area contributed by atoms with Gasteiger partial charge in [0, 0.05) is 11.1 Å². The van der Waals surface area contributed by atoms with E-state index in [2.05, 4.69) is 22.4 Å². The van der Waals surface area contributed by atoms with Gasteiger partial charge in [0.05, 0.1) is 25.9 Å². The number of hydrogen-bond acceptors (Lipinski definition) is 3. The topological polar surface area (TPSA) is 68.9 Å². The van der Waals surface area contributed by atoms with Crippen molar-refractivity contribution < 1.29 is 9.47 Å². The normalized spacial score (nSPS) is 19.9. The second kappa shape index (κ2) is 7.66. The number of nitrogens with two attached hydrogens (primary N) is 1. The molecule has 3 rings (SSSR count). The van der Waals surface area contributed by atoms with Crippen molar-refractivity contribution in [2.45, 2.75) is 24.8 Å². The fourth-order valence-electron chi connectivity index (χ4n) is 2.98. The summed E-state index contributed by atoms with van der Waals surface area (Å²) in [5.74, 6) is 2.31. The van der Waals surface area contributed by atoms with E-state index in [-0.39, 0.29) is 6.04 Å². The van der Waals surface area contributed by atoms with Crippen molar-refractivity contribution in [2.75, 3.05) is 19.5 Å². The van der Waals surface area contributed by atoms with Crippen molar-refractivity contribution in [3.63, 3.8) is 0 Å². The van der Waals surface area contributed by atoms with Gasteiger partial charge < -0.3 is 20.5 Å². The van der Waals surface area contributed by atoms with Crippen molar-refractivity contribution in [3.8, 4) is 11.5 Å². The van der Waals surface area contributed by atoms with Crippen LogP contribution in [0.25, 0.3) is 0 Å². The number of ether oxygens (including phenoxy) is 2. The number of benzene rings is 2. The predicted octanol–water partition coefficient (Wildman–Crippen LogP) is 4.03. The highest BCUT2D eigenvalue weighted by atomic mass is 35.5. The Kier molecular flexibility index (Phi) is 5.34. The average molecular weight is 360 g/mol. The molecule has 0 spiro atoms. The van der Waals surface area contributed by atoms with Crippen LogP contribution in [0.3, 0.4) is 0 Å². The van der Waals surface area contributed by atoms with Crippen LogP contribution in [0.2, 0.25) is 5.02 Å². The van der Waals surface area contributed by atoms with Gasteiger partial charge in [-0.3, -0.25) is 0 Å². The average Bonchev–Trinajstić information content (AvgIpc) is 2.58. The highest BCUT2D eigenvalue weighted by molar-refractivity contribution is 6.30. The molecule has 0 heterocycles. The van der Waals surface area contributed by atoms with Crippen molar-refractivity contribution in [1.82, 2.24) is 0 Å².